The van der Waals surface area contributed by atoms with Crippen LogP contribution in [0.2, 0.25) is 0 Å². The Bertz CT molecular complexity index is 1560. The molecule has 1 fully saturated rings. The Hall–Kier alpha value is -3.71. The molecule has 0 aromatic carbocycles. The zero-order chi connectivity index (χ0) is 27.7. The van der Waals surface area contributed by atoms with Gasteiger partial charge < -0.3 is 4.90 Å². The van der Waals surface area contributed by atoms with Crippen molar-refractivity contribution < 1.29 is 9.18 Å². The molecule has 0 radical (unpaired) electrons. The summed E-state index contributed by atoms with van der Waals surface area (Å²) in [5, 5.41) is 19.1. The summed E-state index contributed by atoms with van der Waals surface area (Å²) in [7, 11) is 1.87. The number of hydrogen-bond donors (Lipinski definition) is 0. The SMILES string of the molecule is CC(=O)N(C)CC[C@]1(C)CC[C@H](n2ncc(-c3cc(Sc4ncccc4F)c4c(C#N)cnn4c3)c2C)CC1. The van der Waals surface area contributed by atoms with Crippen molar-refractivity contribution in [3.8, 4) is 17.2 Å². The van der Waals surface area contributed by atoms with E-state index in [2.05, 4.69) is 34.7 Å². The summed E-state index contributed by atoms with van der Waals surface area (Å²) in [6, 6.07) is 7.40. The van der Waals surface area contributed by atoms with Gasteiger partial charge in [-0.2, -0.15) is 15.5 Å². The lowest BCUT2D eigenvalue weighted by Crippen LogP contribution is -2.32. The molecule has 0 aliphatic heterocycles. The van der Waals surface area contributed by atoms with Gasteiger partial charge >= 0.3 is 0 Å². The third-order valence-electron chi connectivity index (χ3n) is 8.08. The van der Waals surface area contributed by atoms with Gasteiger partial charge in [0.2, 0.25) is 5.91 Å². The lowest BCUT2D eigenvalue weighted by molar-refractivity contribution is -0.127. The second kappa shape index (κ2) is 10.8. The Labute approximate surface area is 231 Å². The molecule has 1 amide bonds. The molecular formula is C29H32FN7OS. The molecule has 0 bridgehead atoms. The van der Waals surface area contributed by atoms with Crippen molar-refractivity contribution in [2.24, 2.45) is 5.41 Å². The summed E-state index contributed by atoms with van der Waals surface area (Å²) in [4.78, 5) is 18.3. The highest BCUT2D eigenvalue weighted by Crippen LogP contribution is 2.44. The lowest BCUT2D eigenvalue weighted by Gasteiger charge is -2.38. The summed E-state index contributed by atoms with van der Waals surface area (Å²) >= 11 is 1.19. The Balaban J connectivity index is 1.41. The first-order chi connectivity index (χ1) is 18.7. The first-order valence-electron chi connectivity index (χ1n) is 13.1. The maximum atomic E-state index is 14.5. The van der Waals surface area contributed by atoms with Crippen LogP contribution >= 0.6 is 11.8 Å². The van der Waals surface area contributed by atoms with Crippen LogP contribution in [0.5, 0.6) is 0 Å². The molecule has 202 valence electrons. The second-order valence-electron chi connectivity index (χ2n) is 10.8. The van der Waals surface area contributed by atoms with Crippen molar-refractivity contribution in [2.75, 3.05) is 13.6 Å². The molecule has 1 saturated carbocycles. The predicted molar refractivity (Wildman–Crippen MR) is 148 cm³/mol. The van der Waals surface area contributed by atoms with E-state index in [1.165, 1.54) is 24.0 Å². The third kappa shape index (κ3) is 5.41. The van der Waals surface area contributed by atoms with E-state index in [9.17, 15) is 14.4 Å². The molecule has 5 rings (SSSR count). The van der Waals surface area contributed by atoms with Gasteiger partial charge in [-0.15, -0.1) is 0 Å². The minimum absolute atomic E-state index is 0.107. The van der Waals surface area contributed by atoms with Gasteiger partial charge in [0, 0.05) is 54.6 Å². The van der Waals surface area contributed by atoms with Crippen LogP contribution in [0.25, 0.3) is 16.6 Å². The second-order valence-corrected chi connectivity index (χ2v) is 11.8. The van der Waals surface area contributed by atoms with Gasteiger partial charge in [-0.3, -0.25) is 9.48 Å². The number of carbonyl (C=O) groups is 1. The van der Waals surface area contributed by atoms with Crippen LogP contribution in [0.1, 0.15) is 63.3 Å². The Kier molecular flexibility index (Phi) is 7.45. The number of aromatic nitrogens is 5. The molecule has 4 aromatic heterocycles. The quantitative estimate of drug-likeness (QED) is 0.281. The third-order valence-corrected chi connectivity index (χ3v) is 9.11. The van der Waals surface area contributed by atoms with Crippen molar-refractivity contribution >= 4 is 23.2 Å². The fourth-order valence-electron chi connectivity index (χ4n) is 5.41. The topological polar surface area (TPSA) is 92.1 Å². The van der Waals surface area contributed by atoms with E-state index in [0.717, 1.165) is 55.5 Å². The van der Waals surface area contributed by atoms with Gasteiger partial charge in [0.05, 0.1) is 29.5 Å². The molecule has 4 aromatic rings. The van der Waals surface area contributed by atoms with Gasteiger partial charge in [-0.25, -0.2) is 13.9 Å². The monoisotopic (exact) mass is 545 g/mol. The molecule has 0 N–H and O–H groups in total. The first kappa shape index (κ1) is 26.9. The highest BCUT2D eigenvalue weighted by molar-refractivity contribution is 7.99. The number of carbonyl (C=O) groups excluding carboxylic acids is 1. The number of fused-ring (bicyclic) bond motifs is 1. The van der Waals surface area contributed by atoms with Crippen molar-refractivity contribution in [1.29, 1.82) is 5.26 Å². The smallest absolute Gasteiger partial charge is 0.219 e. The molecule has 10 heteroatoms. The number of rotatable bonds is 7. The largest absolute Gasteiger partial charge is 0.346 e. The van der Waals surface area contributed by atoms with Crippen molar-refractivity contribution in [1.82, 2.24) is 29.3 Å². The molecule has 8 nitrogen and oxygen atoms in total. The molecule has 1 aliphatic rings. The number of amides is 1. The molecule has 1 aliphatic carbocycles. The van der Waals surface area contributed by atoms with Crippen LogP contribution < -0.4 is 0 Å². The van der Waals surface area contributed by atoms with Crippen LogP contribution in [0.4, 0.5) is 4.39 Å². The normalized spacial score (nSPS) is 19.2. The van der Waals surface area contributed by atoms with Crippen molar-refractivity contribution in [3.63, 3.8) is 0 Å². The summed E-state index contributed by atoms with van der Waals surface area (Å²) in [6.45, 7) is 6.81. The number of hydrogen-bond acceptors (Lipinski definition) is 6. The van der Waals surface area contributed by atoms with E-state index in [4.69, 9.17) is 5.10 Å². The highest BCUT2D eigenvalue weighted by Gasteiger charge is 2.33. The minimum atomic E-state index is -0.412. The standard InChI is InChI=1S/C29H32FN7OS/c1-19-24(17-34-37(19)23-7-9-29(3,10-8-23)11-13-35(4)20(2)38)21-14-26(39-28-25(30)6-5-12-32-28)27-22(15-31)16-33-36(27)18-21/h5-6,12,14,16-18,23H,7-11,13H2,1-4H3/t23-,29+. The first-order valence-corrected chi connectivity index (χ1v) is 14.0. The zero-order valence-electron chi connectivity index (χ0n) is 22.7. The summed E-state index contributed by atoms with van der Waals surface area (Å²) in [5.41, 5.74) is 4.21. The zero-order valence-corrected chi connectivity index (χ0v) is 23.5. The molecule has 0 unspecified atom stereocenters. The van der Waals surface area contributed by atoms with E-state index in [1.807, 2.05) is 25.5 Å². The molecule has 39 heavy (non-hydrogen) atoms. The van der Waals surface area contributed by atoms with Crippen LogP contribution in [-0.2, 0) is 4.79 Å². The van der Waals surface area contributed by atoms with Crippen LogP contribution in [0, 0.1) is 29.5 Å². The number of nitriles is 1. The Morgan fingerprint density at radius 2 is 2.08 bits per heavy atom. The van der Waals surface area contributed by atoms with Gasteiger partial charge in [-0.05, 0) is 62.6 Å². The maximum Gasteiger partial charge on any atom is 0.219 e. The highest BCUT2D eigenvalue weighted by atomic mass is 32.2. The van der Waals surface area contributed by atoms with Gasteiger partial charge in [0.1, 0.15) is 11.1 Å². The molecule has 0 atom stereocenters. The average molecular weight is 546 g/mol. The predicted octanol–water partition coefficient (Wildman–Crippen LogP) is 6.05. The van der Waals surface area contributed by atoms with E-state index < -0.39 is 5.82 Å². The van der Waals surface area contributed by atoms with Crippen LogP contribution in [-0.4, -0.2) is 48.8 Å². The molecule has 0 spiro atoms. The van der Waals surface area contributed by atoms with E-state index >= 15 is 0 Å². The van der Waals surface area contributed by atoms with Crippen molar-refractivity contribution in [3.05, 3.63) is 60.1 Å². The van der Waals surface area contributed by atoms with Gasteiger partial charge in [0.25, 0.3) is 0 Å². The molecule has 0 saturated heterocycles. The summed E-state index contributed by atoms with van der Waals surface area (Å²) in [5.74, 6) is -0.304. The number of halogens is 1. The van der Waals surface area contributed by atoms with E-state index in [-0.39, 0.29) is 16.3 Å². The van der Waals surface area contributed by atoms with E-state index in [1.54, 1.807) is 28.6 Å². The van der Waals surface area contributed by atoms with E-state index in [0.29, 0.717) is 22.0 Å². The minimum Gasteiger partial charge on any atom is -0.346 e. The molecule has 4 heterocycles. The molecular weight excluding hydrogens is 513 g/mol. The summed E-state index contributed by atoms with van der Waals surface area (Å²) in [6.07, 6.45) is 12.1. The van der Waals surface area contributed by atoms with Gasteiger partial charge in [0.15, 0.2) is 5.82 Å². The number of pyridine rings is 2. The lowest BCUT2D eigenvalue weighted by atomic mass is 9.72. The fraction of sp³-hybridized carbons (Fsp3) is 0.414. The van der Waals surface area contributed by atoms with Crippen LogP contribution in [0.3, 0.4) is 0 Å². The summed E-state index contributed by atoms with van der Waals surface area (Å²) < 4.78 is 18.3. The number of nitrogens with zero attached hydrogens (tertiary/aromatic N) is 7. The van der Waals surface area contributed by atoms with Crippen LogP contribution in [0.15, 0.2) is 52.9 Å². The Morgan fingerprint density at radius 1 is 1.31 bits per heavy atom. The average Bonchev–Trinajstić information content (AvgIpc) is 3.52. The fourth-order valence-corrected chi connectivity index (χ4v) is 6.38. The van der Waals surface area contributed by atoms with Crippen molar-refractivity contribution in [2.45, 2.75) is 68.8 Å². The maximum absolute atomic E-state index is 14.5. The van der Waals surface area contributed by atoms with Gasteiger partial charge in [-0.1, -0.05) is 18.7 Å². The Morgan fingerprint density at radius 3 is 2.77 bits per heavy atom.